The second-order valence-corrected chi connectivity index (χ2v) is 6.70. The molecule has 0 aliphatic heterocycles. The van der Waals surface area contributed by atoms with E-state index in [4.69, 9.17) is 4.74 Å². The number of nitrogens with zero attached hydrogens (tertiary/aromatic N) is 2. The summed E-state index contributed by atoms with van der Waals surface area (Å²) in [5, 5.41) is 6.14. The minimum atomic E-state index is -4.62. The normalized spacial score (nSPS) is 11.4. The summed E-state index contributed by atoms with van der Waals surface area (Å²) in [6.45, 7) is 0. The first-order valence-corrected chi connectivity index (χ1v) is 8.68. The standard InChI is InChI=1S/C18H11BrF5N3O2/c1-27-8-11(16(28)25-15-5-2-9(20)6-14(15)21)17(26-27)29-10-3-4-13(19)12(7-10)18(22,23)24/h2-8H,1H3,(H,25,28). The molecule has 0 unspecified atom stereocenters. The molecule has 0 atom stereocenters. The van der Waals surface area contributed by atoms with E-state index in [0.29, 0.717) is 6.07 Å². The molecule has 0 aliphatic carbocycles. The van der Waals surface area contributed by atoms with Crippen LogP contribution < -0.4 is 10.1 Å². The molecule has 2 aromatic carbocycles. The summed E-state index contributed by atoms with van der Waals surface area (Å²) >= 11 is 2.82. The molecule has 0 radical (unpaired) electrons. The lowest BCUT2D eigenvalue weighted by Crippen LogP contribution is -2.13. The Morgan fingerprint density at radius 2 is 1.90 bits per heavy atom. The van der Waals surface area contributed by atoms with Gasteiger partial charge in [0.15, 0.2) is 0 Å². The number of aryl methyl sites for hydroxylation is 1. The molecule has 0 aliphatic rings. The molecule has 1 heterocycles. The lowest BCUT2D eigenvalue weighted by Gasteiger charge is -2.11. The summed E-state index contributed by atoms with van der Waals surface area (Å²) in [5.41, 5.74) is -1.41. The van der Waals surface area contributed by atoms with Crippen molar-refractivity contribution in [3.05, 3.63) is 69.8 Å². The first-order chi connectivity index (χ1) is 13.5. The van der Waals surface area contributed by atoms with Gasteiger partial charge >= 0.3 is 6.18 Å². The van der Waals surface area contributed by atoms with Crippen molar-refractivity contribution >= 4 is 27.5 Å². The fourth-order valence-corrected chi connectivity index (χ4v) is 2.85. The van der Waals surface area contributed by atoms with Gasteiger partial charge in [-0.3, -0.25) is 9.48 Å². The number of halogens is 6. The van der Waals surface area contributed by atoms with Gasteiger partial charge in [0.05, 0.1) is 11.3 Å². The Bertz CT molecular complexity index is 1080. The fraction of sp³-hybridized carbons (Fsp3) is 0.111. The number of rotatable bonds is 4. The van der Waals surface area contributed by atoms with Crippen LogP contribution in [0.2, 0.25) is 0 Å². The van der Waals surface area contributed by atoms with E-state index < -0.39 is 29.3 Å². The van der Waals surface area contributed by atoms with Crippen LogP contribution in [0.1, 0.15) is 15.9 Å². The van der Waals surface area contributed by atoms with Crippen molar-refractivity contribution in [1.82, 2.24) is 9.78 Å². The molecule has 0 saturated heterocycles. The summed E-state index contributed by atoms with van der Waals surface area (Å²) in [5.74, 6) is -3.15. The predicted octanol–water partition coefficient (Wildman–Crippen LogP) is 5.52. The number of alkyl halides is 3. The van der Waals surface area contributed by atoms with Gasteiger partial charge in [0.25, 0.3) is 11.8 Å². The van der Waals surface area contributed by atoms with Gasteiger partial charge in [0, 0.05) is 23.8 Å². The van der Waals surface area contributed by atoms with Crippen molar-refractivity contribution in [2.45, 2.75) is 6.18 Å². The number of carbonyl (C=O) groups excluding carboxylic acids is 1. The molecule has 3 aromatic rings. The maximum atomic E-state index is 13.8. The largest absolute Gasteiger partial charge is 0.437 e. The van der Waals surface area contributed by atoms with E-state index in [1.807, 2.05) is 0 Å². The topological polar surface area (TPSA) is 56.2 Å². The van der Waals surface area contributed by atoms with Gasteiger partial charge in [-0.05, 0) is 30.3 Å². The zero-order valence-electron chi connectivity index (χ0n) is 14.5. The first kappa shape index (κ1) is 20.8. The molecular weight excluding hydrogens is 465 g/mol. The molecule has 0 saturated carbocycles. The zero-order valence-corrected chi connectivity index (χ0v) is 16.1. The van der Waals surface area contributed by atoms with E-state index in [1.165, 1.54) is 24.0 Å². The van der Waals surface area contributed by atoms with E-state index in [1.54, 1.807) is 0 Å². The Labute approximate surface area is 169 Å². The highest BCUT2D eigenvalue weighted by Crippen LogP contribution is 2.38. The van der Waals surface area contributed by atoms with Gasteiger partial charge in [0.2, 0.25) is 0 Å². The molecule has 1 N–H and O–H groups in total. The third-order valence-electron chi connectivity index (χ3n) is 3.68. The monoisotopic (exact) mass is 475 g/mol. The number of amides is 1. The van der Waals surface area contributed by atoms with E-state index in [2.05, 4.69) is 26.3 Å². The summed E-state index contributed by atoms with van der Waals surface area (Å²) < 4.78 is 72.3. The third-order valence-corrected chi connectivity index (χ3v) is 4.37. The van der Waals surface area contributed by atoms with Crippen molar-refractivity contribution in [1.29, 1.82) is 0 Å². The van der Waals surface area contributed by atoms with E-state index in [0.717, 1.165) is 24.3 Å². The minimum absolute atomic E-state index is 0.160. The van der Waals surface area contributed by atoms with Crippen molar-refractivity contribution in [3.63, 3.8) is 0 Å². The number of benzene rings is 2. The number of carbonyl (C=O) groups is 1. The smallest absolute Gasteiger partial charge is 0.417 e. The quantitative estimate of drug-likeness (QED) is 0.505. The third kappa shape index (κ3) is 4.73. The van der Waals surface area contributed by atoms with E-state index in [9.17, 15) is 26.7 Å². The van der Waals surface area contributed by atoms with Crippen LogP contribution in [0.4, 0.5) is 27.6 Å². The van der Waals surface area contributed by atoms with Crippen LogP contribution in [-0.2, 0) is 13.2 Å². The average Bonchev–Trinajstić information content (AvgIpc) is 2.98. The first-order valence-electron chi connectivity index (χ1n) is 7.89. The van der Waals surface area contributed by atoms with Gasteiger partial charge < -0.3 is 10.1 Å². The number of hydrogen-bond acceptors (Lipinski definition) is 3. The van der Waals surface area contributed by atoms with Crippen LogP contribution >= 0.6 is 15.9 Å². The molecule has 5 nitrogen and oxygen atoms in total. The fourth-order valence-electron chi connectivity index (χ4n) is 2.38. The van der Waals surface area contributed by atoms with Gasteiger partial charge in [-0.1, -0.05) is 15.9 Å². The van der Waals surface area contributed by atoms with Crippen molar-refractivity contribution in [2.75, 3.05) is 5.32 Å². The van der Waals surface area contributed by atoms with E-state index >= 15 is 0 Å². The van der Waals surface area contributed by atoms with Gasteiger partial charge in [0.1, 0.15) is 22.9 Å². The summed E-state index contributed by atoms with van der Waals surface area (Å²) in [4.78, 5) is 12.5. The maximum absolute atomic E-state index is 13.8. The number of aromatic nitrogens is 2. The SMILES string of the molecule is Cn1cc(C(=O)Nc2ccc(F)cc2F)c(Oc2ccc(Br)c(C(F)(F)F)c2)n1. The lowest BCUT2D eigenvalue weighted by molar-refractivity contribution is -0.138. The summed E-state index contributed by atoms with van der Waals surface area (Å²) in [6, 6.07) is 5.74. The van der Waals surface area contributed by atoms with Gasteiger partial charge in [-0.25, -0.2) is 8.78 Å². The Kier molecular flexibility index (Phi) is 5.60. The van der Waals surface area contributed by atoms with Crippen molar-refractivity contribution in [2.24, 2.45) is 7.05 Å². The van der Waals surface area contributed by atoms with E-state index in [-0.39, 0.29) is 27.4 Å². The maximum Gasteiger partial charge on any atom is 0.417 e. The van der Waals surface area contributed by atoms with Crippen LogP contribution in [0.25, 0.3) is 0 Å². The molecule has 0 bridgehead atoms. The van der Waals surface area contributed by atoms with Gasteiger partial charge in [-0.15, -0.1) is 5.10 Å². The highest BCUT2D eigenvalue weighted by molar-refractivity contribution is 9.10. The van der Waals surface area contributed by atoms with Gasteiger partial charge in [-0.2, -0.15) is 13.2 Å². The van der Waals surface area contributed by atoms with Crippen LogP contribution in [-0.4, -0.2) is 15.7 Å². The number of ether oxygens (including phenoxy) is 1. The number of anilines is 1. The second-order valence-electron chi connectivity index (χ2n) is 5.84. The van der Waals surface area contributed by atoms with Crippen LogP contribution in [0, 0.1) is 11.6 Å². The van der Waals surface area contributed by atoms with Crippen LogP contribution in [0.15, 0.2) is 47.1 Å². The molecule has 1 amide bonds. The molecule has 1 aromatic heterocycles. The molecule has 29 heavy (non-hydrogen) atoms. The minimum Gasteiger partial charge on any atom is -0.437 e. The average molecular weight is 476 g/mol. The predicted molar refractivity (Wildman–Crippen MR) is 96.7 cm³/mol. The molecule has 0 fully saturated rings. The summed E-state index contributed by atoms with van der Waals surface area (Å²) in [7, 11) is 1.46. The van der Waals surface area contributed by atoms with Crippen molar-refractivity contribution in [3.8, 4) is 11.6 Å². The Morgan fingerprint density at radius 3 is 2.55 bits per heavy atom. The number of nitrogens with one attached hydrogen (secondary N) is 1. The van der Waals surface area contributed by atoms with Crippen LogP contribution in [0.3, 0.4) is 0 Å². The Balaban J connectivity index is 1.88. The molecule has 152 valence electrons. The molecule has 11 heteroatoms. The summed E-state index contributed by atoms with van der Waals surface area (Å²) in [6.07, 6.45) is -3.38. The zero-order chi connectivity index (χ0) is 21.3. The highest BCUT2D eigenvalue weighted by atomic mass is 79.9. The van der Waals surface area contributed by atoms with Crippen LogP contribution in [0.5, 0.6) is 11.6 Å². The second kappa shape index (κ2) is 7.82. The molecule has 3 rings (SSSR count). The lowest BCUT2D eigenvalue weighted by atomic mass is 10.2. The Hall–Kier alpha value is -2.95. The highest BCUT2D eigenvalue weighted by Gasteiger charge is 2.33. The number of hydrogen-bond donors (Lipinski definition) is 1. The molecular formula is C18H11BrF5N3O2. The van der Waals surface area contributed by atoms with Crippen molar-refractivity contribution < 1.29 is 31.5 Å². The molecule has 0 spiro atoms. The Morgan fingerprint density at radius 1 is 1.17 bits per heavy atom.